The summed E-state index contributed by atoms with van der Waals surface area (Å²) in [5.74, 6) is -1.59. The van der Waals surface area contributed by atoms with Gasteiger partial charge in [-0.3, -0.25) is 4.79 Å². The average molecular weight is 641 g/mol. The molecule has 2 aliphatic rings. The molecule has 0 bridgehead atoms. The second-order valence-electron chi connectivity index (χ2n) is 9.66. The second-order valence-corrected chi connectivity index (χ2v) is 15.9. The first kappa shape index (κ1) is 35.9. The first-order valence-electron chi connectivity index (χ1n) is 12.7. The van der Waals surface area contributed by atoms with Gasteiger partial charge in [-0.25, -0.2) is 21.6 Å². The Balaban J connectivity index is 0.000000402. The van der Waals surface area contributed by atoms with Gasteiger partial charge < -0.3 is 16.2 Å². The van der Waals surface area contributed by atoms with Crippen molar-refractivity contribution in [2.75, 3.05) is 19.6 Å². The highest BCUT2D eigenvalue weighted by Gasteiger charge is 2.46. The predicted molar refractivity (Wildman–Crippen MR) is 160 cm³/mol. The molecule has 0 spiro atoms. The number of guanidine groups is 1. The number of nitrogens with two attached hydrogens (primary N) is 2. The van der Waals surface area contributed by atoms with Gasteiger partial charge >= 0.3 is 5.97 Å². The van der Waals surface area contributed by atoms with Crippen molar-refractivity contribution in [3.05, 3.63) is 46.6 Å². The normalized spacial score (nSPS) is 22.9. The van der Waals surface area contributed by atoms with E-state index in [1.165, 1.54) is 13.2 Å². The summed E-state index contributed by atoms with van der Waals surface area (Å²) < 4.78 is 49.6. The summed E-state index contributed by atoms with van der Waals surface area (Å²) in [7, 11) is -5.88. The summed E-state index contributed by atoms with van der Waals surface area (Å²) in [6, 6.07) is 0. The molecule has 2 rings (SSSR count). The third-order valence-electron chi connectivity index (χ3n) is 6.49. The van der Waals surface area contributed by atoms with Crippen molar-refractivity contribution >= 4 is 60.7 Å². The van der Waals surface area contributed by atoms with Crippen LogP contribution >= 0.6 is 23.2 Å². The molecule has 0 saturated carbocycles. The van der Waals surface area contributed by atoms with Crippen LogP contribution in [0.4, 0.5) is 0 Å². The zero-order chi connectivity index (χ0) is 30.9. The van der Waals surface area contributed by atoms with E-state index in [1.807, 2.05) is 13.8 Å². The van der Waals surface area contributed by atoms with E-state index in [0.29, 0.717) is 24.0 Å². The van der Waals surface area contributed by atoms with Crippen LogP contribution < -0.4 is 11.5 Å². The van der Waals surface area contributed by atoms with Gasteiger partial charge in [-0.2, -0.15) is 4.99 Å². The van der Waals surface area contributed by atoms with Crippen LogP contribution in [0.15, 0.2) is 51.6 Å². The molecule has 2 aliphatic carbocycles. The number of unbranched alkanes of at least 4 members (excludes halogenated alkanes) is 2. The van der Waals surface area contributed by atoms with Gasteiger partial charge in [-0.1, -0.05) is 74.2 Å². The molecule has 4 N–H and O–H groups in total. The van der Waals surface area contributed by atoms with Crippen LogP contribution in [0.1, 0.15) is 65.2 Å². The lowest BCUT2D eigenvalue weighted by atomic mass is 9.93. The number of hydrogen-bond donors (Lipinski definition) is 2. The van der Waals surface area contributed by atoms with E-state index >= 15 is 0 Å². The van der Waals surface area contributed by atoms with Gasteiger partial charge in [0.25, 0.3) is 5.91 Å². The molecule has 1 amide bonds. The van der Waals surface area contributed by atoms with Gasteiger partial charge in [-0.15, -0.1) is 0 Å². The van der Waals surface area contributed by atoms with Gasteiger partial charge in [0.1, 0.15) is 0 Å². The van der Waals surface area contributed by atoms with Crippen LogP contribution in [0.5, 0.6) is 0 Å². The Morgan fingerprint density at radius 2 is 1.25 bits per heavy atom. The standard InChI is InChI=1S/C13H20ClN3O3S.C13H19ClO4S/c1-3-4-5-10-7-6-9(11(18)17-12(15)16)8-13(10,14)21(2,19)20;1-4-5-6-11-8-7-10(12(15)18-2)9-13(11,14)19(3,16)17/h6-7H,3-5,8H2,1-2H3,(H4,15,16,17,18);7-8H,4-6,9H2,1-3H3. The number of methoxy groups -OCH3 is 1. The van der Waals surface area contributed by atoms with Gasteiger partial charge in [0, 0.05) is 36.5 Å². The summed E-state index contributed by atoms with van der Waals surface area (Å²) in [5, 5.41) is 0. The van der Waals surface area contributed by atoms with Gasteiger partial charge in [0.2, 0.25) is 0 Å². The van der Waals surface area contributed by atoms with Gasteiger partial charge in [0.15, 0.2) is 34.0 Å². The van der Waals surface area contributed by atoms with Gasteiger partial charge in [0.05, 0.1) is 7.11 Å². The first-order chi connectivity index (χ1) is 18.4. The fraction of sp³-hybridized carbons (Fsp3) is 0.577. The highest BCUT2D eigenvalue weighted by Crippen LogP contribution is 2.43. The summed E-state index contributed by atoms with van der Waals surface area (Å²) in [6.07, 6.45) is 13.0. The number of allylic oxidation sites excluding steroid dienone is 4. The molecule has 226 valence electrons. The highest BCUT2D eigenvalue weighted by atomic mass is 35.5. The van der Waals surface area contributed by atoms with E-state index in [2.05, 4.69) is 9.73 Å². The second kappa shape index (κ2) is 14.7. The van der Waals surface area contributed by atoms with E-state index in [4.69, 9.17) is 34.7 Å². The maximum Gasteiger partial charge on any atom is 0.333 e. The summed E-state index contributed by atoms with van der Waals surface area (Å²) in [6.45, 7) is 4.03. The molecular formula is C26H39Cl2N3O7S2. The minimum atomic E-state index is -3.61. The summed E-state index contributed by atoms with van der Waals surface area (Å²) >= 11 is 12.7. The molecule has 14 heteroatoms. The third kappa shape index (κ3) is 8.92. The molecule has 0 radical (unpaired) electrons. The topological polar surface area (TPSA) is 176 Å². The minimum absolute atomic E-state index is 0.0460. The Kier molecular flexibility index (Phi) is 13.1. The smallest absolute Gasteiger partial charge is 0.333 e. The quantitative estimate of drug-likeness (QED) is 0.156. The Labute approximate surface area is 247 Å². The largest absolute Gasteiger partial charge is 0.466 e. The molecule has 0 aliphatic heterocycles. The number of amides is 1. The number of carbonyl (C=O) groups is 2. The number of carbonyl (C=O) groups excluding carboxylic acids is 2. The highest BCUT2D eigenvalue weighted by molar-refractivity contribution is 7.94. The maximum atomic E-state index is 12.1. The number of alkyl halides is 2. The number of halogens is 2. The van der Waals surface area contributed by atoms with Crippen molar-refractivity contribution in [3.8, 4) is 0 Å². The van der Waals surface area contributed by atoms with Crippen LogP contribution in [0, 0.1) is 0 Å². The molecule has 0 saturated heterocycles. The Hall–Kier alpha value is -2.15. The van der Waals surface area contributed by atoms with E-state index < -0.39 is 40.0 Å². The number of sulfone groups is 2. The summed E-state index contributed by atoms with van der Waals surface area (Å²) in [5.41, 5.74) is 12.0. The van der Waals surface area contributed by atoms with Crippen molar-refractivity contribution < 1.29 is 31.2 Å². The number of nitrogens with zero attached hydrogens (tertiary/aromatic N) is 1. The maximum absolute atomic E-state index is 12.1. The fourth-order valence-electron chi connectivity index (χ4n) is 4.11. The van der Waals surface area contributed by atoms with E-state index in [9.17, 15) is 26.4 Å². The van der Waals surface area contributed by atoms with Crippen molar-refractivity contribution in [2.24, 2.45) is 16.5 Å². The van der Waals surface area contributed by atoms with E-state index in [-0.39, 0.29) is 29.9 Å². The first-order valence-corrected chi connectivity index (χ1v) is 17.2. The monoisotopic (exact) mass is 639 g/mol. The zero-order valence-corrected chi connectivity index (χ0v) is 26.6. The molecule has 40 heavy (non-hydrogen) atoms. The lowest BCUT2D eigenvalue weighted by molar-refractivity contribution is -0.136. The number of esters is 1. The Morgan fingerprint density at radius 3 is 1.60 bits per heavy atom. The van der Waals surface area contributed by atoms with Crippen molar-refractivity contribution in [1.29, 1.82) is 0 Å². The molecule has 0 fully saturated rings. The fourth-order valence-corrected chi connectivity index (χ4v) is 6.84. The average Bonchev–Trinajstić information content (AvgIpc) is 2.85. The molecule has 10 nitrogen and oxygen atoms in total. The van der Waals surface area contributed by atoms with Crippen molar-refractivity contribution in [1.82, 2.24) is 0 Å². The SMILES string of the molecule is CCCCC1=CC=C(C(=O)N=C(N)N)CC1(Cl)S(C)(=O)=O.CCCCC1=CC=C(C(=O)OC)CC1(Cl)S(C)(=O)=O. The number of ether oxygens (including phenoxy) is 1. The molecule has 2 unspecified atom stereocenters. The van der Waals surface area contributed by atoms with Crippen LogP contribution in [0.25, 0.3) is 0 Å². The molecule has 0 heterocycles. The van der Waals surface area contributed by atoms with Crippen LogP contribution in [0.3, 0.4) is 0 Å². The Morgan fingerprint density at radius 1 is 0.850 bits per heavy atom. The molecular weight excluding hydrogens is 601 g/mol. The molecule has 2 atom stereocenters. The minimum Gasteiger partial charge on any atom is -0.466 e. The Bertz CT molecular complexity index is 1350. The number of hydrogen-bond acceptors (Lipinski definition) is 7. The lowest BCUT2D eigenvalue weighted by Gasteiger charge is -2.31. The number of aliphatic imine (C=N–C) groups is 1. The van der Waals surface area contributed by atoms with Crippen molar-refractivity contribution in [3.63, 3.8) is 0 Å². The molecule has 0 aromatic carbocycles. The predicted octanol–water partition coefficient (Wildman–Crippen LogP) is 3.80. The van der Waals surface area contributed by atoms with Gasteiger partial charge in [-0.05, 0) is 36.8 Å². The lowest BCUT2D eigenvalue weighted by Crippen LogP contribution is -2.37. The van der Waals surface area contributed by atoms with E-state index in [0.717, 1.165) is 38.2 Å². The van der Waals surface area contributed by atoms with Crippen molar-refractivity contribution in [2.45, 2.75) is 73.6 Å². The van der Waals surface area contributed by atoms with E-state index in [1.54, 1.807) is 18.2 Å². The number of rotatable bonds is 10. The molecule has 0 aromatic heterocycles. The summed E-state index contributed by atoms with van der Waals surface area (Å²) in [4.78, 5) is 26.8. The van der Waals surface area contributed by atoms with Crippen LogP contribution in [0.2, 0.25) is 0 Å². The van der Waals surface area contributed by atoms with Crippen LogP contribution in [-0.2, 0) is 34.0 Å². The third-order valence-corrected chi connectivity index (χ3v) is 12.1. The molecule has 0 aromatic rings. The zero-order valence-electron chi connectivity index (χ0n) is 23.5. The van der Waals surface area contributed by atoms with Crippen LogP contribution in [-0.4, -0.2) is 62.7 Å².